The summed E-state index contributed by atoms with van der Waals surface area (Å²) < 4.78 is 28.1. The zero-order valence-corrected chi connectivity index (χ0v) is 10.5. The summed E-state index contributed by atoms with van der Waals surface area (Å²) >= 11 is 0. The first-order valence-electron chi connectivity index (χ1n) is 5.98. The van der Waals surface area contributed by atoms with E-state index in [0.717, 1.165) is 0 Å². The lowest BCUT2D eigenvalue weighted by molar-refractivity contribution is 0.0753. The van der Waals surface area contributed by atoms with Crippen LogP contribution in [0.3, 0.4) is 0 Å². The van der Waals surface area contributed by atoms with E-state index in [9.17, 15) is 13.6 Å². The summed E-state index contributed by atoms with van der Waals surface area (Å²) in [6, 6.07) is 8.58. The molecule has 3 heteroatoms. The summed E-state index contributed by atoms with van der Waals surface area (Å²) in [5.41, 5.74) is -2.74. The molecule has 1 aliphatic carbocycles. The highest BCUT2D eigenvalue weighted by atomic mass is 19.2. The summed E-state index contributed by atoms with van der Waals surface area (Å²) in [6.45, 7) is 2.65. The number of benzene rings is 1. The van der Waals surface area contributed by atoms with Crippen molar-refractivity contribution in [2.75, 3.05) is 0 Å². The maximum atomic E-state index is 14.1. The third kappa shape index (κ3) is 2.84. The molecule has 18 heavy (non-hydrogen) atoms. The molecule has 0 saturated carbocycles. The molecule has 2 atom stereocenters. The Morgan fingerprint density at radius 1 is 1.17 bits per heavy atom. The number of carbonyl (C=O) groups is 1. The highest BCUT2D eigenvalue weighted by Gasteiger charge is 2.41. The Balaban J connectivity index is 2.34. The predicted molar refractivity (Wildman–Crippen MR) is 67.1 cm³/mol. The van der Waals surface area contributed by atoms with Gasteiger partial charge >= 0.3 is 0 Å². The quantitative estimate of drug-likeness (QED) is 0.724. The second kappa shape index (κ2) is 4.30. The van der Waals surface area contributed by atoms with Crippen LogP contribution in [0.2, 0.25) is 0 Å². The average molecular weight is 250 g/mol. The normalized spacial score (nSPS) is 31.9. The lowest BCUT2D eigenvalue weighted by atomic mass is 9.78. The molecule has 0 aromatic heterocycles. The van der Waals surface area contributed by atoms with E-state index in [0.29, 0.717) is 5.56 Å². The van der Waals surface area contributed by atoms with Crippen molar-refractivity contribution < 1.29 is 13.6 Å². The second-order valence-electron chi connectivity index (χ2n) is 5.41. The van der Waals surface area contributed by atoms with Crippen LogP contribution in [-0.2, 0) is 0 Å². The van der Waals surface area contributed by atoms with Crippen LogP contribution in [0.5, 0.6) is 0 Å². The van der Waals surface area contributed by atoms with Gasteiger partial charge in [-0.25, -0.2) is 8.78 Å². The van der Waals surface area contributed by atoms with Crippen LogP contribution >= 0.6 is 0 Å². The average Bonchev–Trinajstić information content (AvgIpc) is 2.25. The van der Waals surface area contributed by atoms with Crippen molar-refractivity contribution in [2.24, 2.45) is 0 Å². The maximum Gasteiger partial charge on any atom is 0.188 e. The summed E-state index contributed by atoms with van der Waals surface area (Å²) in [5.74, 6) is -0.289. The number of allylic oxidation sites excluding steroid dienone is 2. The minimum Gasteiger partial charge on any atom is -0.289 e. The number of rotatable bonds is 2. The Hall–Kier alpha value is -1.51. The van der Waals surface area contributed by atoms with Crippen LogP contribution in [0.25, 0.3) is 0 Å². The number of carbonyl (C=O) groups excluding carboxylic acids is 1. The van der Waals surface area contributed by atoms with Gasteiger partial charge in [0.25, 0.3) is 0 Å². The summed E-state index contributed by atoms with van der Waals surface area (Å²) in [4.78, 5) is 12.2. The Bertz CT molecular complexity index is 486. The molecule has 0 spiro atoms. The molecule has 0 heterocycles. The van der Waals surface area contributed by atoms with Crippen LogP contribution in [0.1, 0.15) is 37.0 Å². The number of Topliss-reactive ketones (excluding diaryl/α,β-unsaturated/α-hetero) is 1. The molecule has 0 N–H and O–H groups in total. The highest BCUT2D eigenvalue weighted by Crippen LogP contribution is 2.39. The zero-order chi connectivity index (χ0) is 13.4. The molecule has 2 rings (SSSR count). The molecule has 1 aromatic carbocycles. The van der Waals surface area contributed by atoms with Gasteiger partial charge in [-0.15, -0.1) is 0 Å². The van der Waals surface area contributed by atoms with Gasteiger partial charge < -0.3 is 0 Å². The van der Waals surface area contributed by atoms with Crippen LogP contribution in [-0.4, -0.2) is 17.1 Å². The summed E-state index contributed by atoms with van der Waals surface area (Å²) in [6.07, 6.45) is 1.04. The van der Waals surface area contributed by atoms with Crippen molar-refractivity contribution in [3.8, 4) is 0 Å². The fraction of sp³-hybridized carbons (Fsp3) is 0.400. The largest absolute Gasteiger partial charge is 0.289 e. The number of alkyl halides is 2. The van der Waals surface area contributed by atoms with Gasteiger partial charge in [0.05, 0.1) is 0 Å². The van der Waals surface area contributed by atoms with E-state index in [1.165, 1.54) is 19.9 Å². The molecule has 0 amide bonds. The molecule has 0 bridgehead atoms. The van der Waals surface area contributed by atoms with Gasteiger partial charge in [0.15, 0.2) is 5.78 Å². The van der Waals surface area contributed by atoms with Crippen molar-refractivity contribution in [1.82, 2.24) is 0 Å². The number of ketones is 1. The van der Waals surface area contributed by atoms with E-state index in [-0.39, 0.29) is 24.2 Å². The van der Waals surface area contributed by atoms with E-state index >= 15 is 0 Å². The molecule has 1 aromatic rings. The van der Waals surface area contributed by atoms with Crippen LogP contribution < -0.4 is 0 Å². The van der Waals surface area contributed by atoms with Crippen LogP contribution in [0.4, 0.5) is 8.78 Å². The first kappa shape index (κ1) is 12.9. The van der Waals surface area contributed by atoms with Gasteiger partial charge in [-0.05, 0) is 19.9 Å². The van der Waals surface area contributed by atoms with E-state index in [4.69, 9.17) is 0 Å². The van der Waals surface area contributed by atoms with Gasteiger partial charge in [-0.3, -0.25) is 4.79 Å². The van der Waals surface area contributed by atoms with Gasteiger partial charge in [-0.2, -0.15) is 0 Å². The Kier molecular flexibility index (Phi) is 3.09. The second-order valence-corrected chi connectivity index (χ2v) is 5.41. The molecule has 0 radical (unpaired) electrons. The van der Waals surface area contributed by atoms with Crippen LogP contribution in [0.15, 0.2) is 42.0 Å². The topological polar surface area (TPSA) is 17.1 Å². The summed E-state index contributed by atoms with van der Waals surface area (Å²) in [5, 5.41) is 0. The smallest absolute Gasteiger partial charge is 0.188 e. The van der Waals surface area contributed by atoms with Gasteiger partial charge in [0.2, 0.25) is 0 Å². The molecule has 96 valence electrons. The van der Waals surface area contributed by atoms with Crippen molar-refractivity contribution in [1.29, 1.82) is 0 Å². The fourth-order valence-electron chi connectivity index (χ4n) is 2.57. The molecular weight excluding hydrogens is 234 g/mol. The SMILES string of the molecule is CC1(F)C=C(C(=O)c2ccccc2)CC(C)(F)C1. The van der Waals surface area contributed by atoms with Crippen molar-refractivity contribution in [3.05, 3.63) is 47.5 Å². The zero-order valence-electron chi connectivity index (χ0n) is 10.5. The van der Waals surface area contributed by atoms with E-state index in [1.54, 1.807) is 30.3 Å². The number of hydrogen-bond acceptors (Lipinski definition) is 1. The van der Waals surface area contributed by atoms with Crippen LogP contribution in [0, 0.1) is 0 Å². The predicted octanol–water partition coefficient (Wildman–Crippen LogP) is 4.05. The molecule has 2 unspecified atom stereocenters. The Morgan fingerprint density at radius 3 is 2.33 bits per heavy atom. The van der Waals surface area contributed by atoms with Gasteiger partial charge in [0, 0.05) is 24.0 Å². The lowest BCUT2D eigenvalue weighted by Crippen LogP contribution is -2.36. The first-order chi connectivity index (χ1) is 8.29. The molecule has 0 fully saturated rings. The van der Waals surface area contributed by atoms with E-state index in [2.05, 4.69) is 0 Å². The Labute approximate surface area is 106 Å². The standard InChI is InChI=1S/C15H16F2O/c1-14(16)8-12(9-15(2,17)10-14)13(18)11-6-4-3-5-7-11/h3-8H,9-10H2,1-2H3. The van der Waals surface area contributed by atoms with Gasteiger partial charge in [-0.1, -0.05) is 30.3 Å². The monoisotopic (exact) mass is 250 g/mol. The third-order valence-electron chi connectivity index (χ3n) is 3.08. The van der Waals surface area contributed by atoms with E-state index < -0.39 is 11.3 Å². The molecular formula is C15H16F2O. The van der Waals surface area contributed by atoms with Crippen molar-refractivity contribution in [3.63, 3.8) is 0 Å². The van der Waals surface area contributed by atoms with E-state index in [1.807, 2.05) is 0 Å². The lowest BCUT2D eigenvalue weighted by Gasteiger charge is -2.33. The minimum absolute atomic E-state index is 0.0275. The first-order valence-corrected chi connectivity index (χ1v) is 5.98. The fourth-order valence-corrected chi connectivity index (χ4v) is 2.57. The molecule has 0 saturated heterocycles. The number of hydrogen-bond donors (Lipinski definition) is 0. The molecule has 0 aliphatic heterocycles. The molecule has 1 aliphatic rings. The minimum atomic E-state index is -1.76. The van der Waals surface area contributed by atoms with Crippen molar-refractivity contribution in [2.45, 2.75) is 38.0 Å². The van der Waals surface area contributed by atoms with Crippen molar-refractivity contribution >= 4 is 5.78 Å². The Morgan fingerprint density at radius 2 is 1.78 bits per heavy atom. The molecule has 1 nitrogen and oxygen atoms in total. The van der Waals surface area contributed by atoms with Gasteiger partial charge in [0.1, 0.15) is 11.3 Å². The maximum absolute atomic E-state index is 14.1. The highest BCUT2D eigenvalue weighted by molar-refractivity contribution is 6.09. The third-order valence-corrected chi connectivity index (χ3v) is 3.08. The summed E-state index contributed by atoms with van der Waals surface area (Å²) in [7, 11) is 0. The number of halogens is 2.